The molecule has 0 amide bonds. The number of nitriles is 2. The normalized spacial score (nSPS) is 16.3. The van der Waals surface area contributed by atoms with Gasteiger partial charge in [0.2, 0.25) is 0 Å². The van der Waals surface area contributed by atoms with Crippen LogP contribution in [0.4, 0.5) is 11.5 Å². The lowest BCUT2D eigenvalue weighted by atomic mass is 10.0. The Morgan fingerprint density at radius 3 is 2.57 bits per heavy atom. The van der Waals surface area contributed by atoms with Gasteiger partial charge in [0.25, 0.3) is 0 Å². The van der Waals surface area contributed by atoms with E-state index in [9.17, 15) is 10.1 Å². The van der Waals surface area contributed by atoms with E-state index in [1.807, 2.05) is 0 Å². The average molecular weight is 314 g/mol. The molecule has 8 nitrogen and oxygen atoms in total. The van der Waals surface area contributed by atoms with Gasteiger partial charge in [-0.1, -0.05) is 0 Å². The fraction of sp³-hybridized carbons (Fsp3) is 0.533. The predicted molar refractivity (Wildman–Crippen MR) is 83.5 cm³/mol. The van der Waals surface area contributed by atoms with Gasteiger partial charge in [-0.3, -0.25) is 4.90 Å². The molecule has 0 aromatic carbocycles. The lowest BCUT2D eigenvalue weighted by Gasteiger charge is -2.36. The van der Waals surface area contributed by atoms with Crippen LogP contribution in [0.2, 0.25) is 0 Å². The second-order valence-corrected chi connectivity index (χ2v) is 5.44. The van der Waals surface area contributed by atoms with Crippen LogP contribution in [0.25, 0.3) is 0 Å². The maximum absolute atomic E-state index is 10.6. The number of hydrogen-bond acceptors (Lipinski definition) is 7. The molecule has 120 valence electrons. The van der Waals surface area contributed by atoms with Crippen LogP contribution in [-0.4, -0.2) is 47.5 Å². The van der Waals surface area contributed by atoms with E-state index in [4.69, 9.17) is 10.5 Å². The first-order chi connectivity index (χ1) is 11.1. The van der Waals surface area contributed by atoms with Crippen molar-refractivity contribution in [2.24, 2.45) is 5.92 Å². The summed E-state index contributed by atoms with van der Waals surface area (Å²) < 4.78 is 0. The van der Waals surface area contributed by atoms with Gasteiger partial charge in [-0.25, -0.2) is 0 Å². The van der Waals surface area contributed by atoms with Crippen molar-refractivity contribution < 1.29 is 4.92 Å². The number of pyridine rings is 1. The number of hydrogen-bond donors (Lipinski definition) is 0. The lowest BCUT2D eigenvalue weighted by molar-refractivity contribution is -0.389. The summed E-state index contributed by atoms with van der Waals surface area (Å²) >= 11 is 0. The Balaban J connectivity index is 1.85. The summed E-state index contributed by atoms with van der Waals surface area (Å²) in [6.45, 7) is 3.90. The molecule has 0 spiro atoms. The van der Waals surface area contributed by atoms with E-state index < -0.39 is 4.92 Å². The second kappa shape index (κ2) is 8.06. The molecule has 0 bridgehead atoms. The Morgan fingerprint density at radius 1 is 1.30 bits per heavy atom. The number of nitrogens with zero attached hydrogens (tertiary/aromatic N) is 6. The van der Waals surface area contributed by atoms with Gasteiger partial charge in [0.15, 0.2) is 6.20 Å². The van der Waals surface area contributed by atoms with Crippen molar-refractivity contribution in [2.45, 2.75) is 12.8 Å². The largest absolute Gasteiger partial charge is 0.366 e. The number of anilines is 1. The fourth-order valence-electron chi connectivity index (χ4n) is 2.61. The van der Waals surface area contributed by atoms with Crippen LogP contribution in [0.3, 0.4) is 0 Å². The standard InChI is InChI=1S/C15H18N6O2/c16-5-1-2-13(10-17)12-19-6-8-20(9-7-19)14-3-4-15(18-11-14)21(22)23/h3-4,11,13H,1-2,6-9,12H2. The summed E-state index contributed by atoms with van der Waals surface area (Å²) in [5.41, 5.74) is 0.872. The van der Waals surface area contributed by atoms with Gasteiger partial charge in [0.05, 0.1) is 23.7 Å². The number of rotatable bonds is 6. The number of nitro groups is 1. The van der Waals surface area contributed by atoms with E-state index in [1.54, 1.807) is 6.07 Å². The second-order valence-electron chi connectivity index (χ2n) is 5.44. The topological polar surface area (TPSA) is 110 Å². The highest BCUT2D eigenvalue weighted by atomic mass is 16.6. The van der Waals surface area contributed by atoms with Crippen molar-refractivity contribution in [1.82, 2.24) is 9.88 Å². The van der Waals surface area contributed by atoms with Crippen LogP contribution in [0.5, 0.6) is 0 Å². The maximum atomic E-state index is 10.6. The molecule has 1 aromatic rings. The van der Waals surface area contributed by atoms with E-state index >= 15 is 0 Å². The molecule has 1 aliphatic rings. The minimum Gasteiger partial charge on any atom is -0.366 e. The van der Waals surface area contributed by atoms with Gasteiger partial charge in [0.1, 0.15) is 0 Å². The molecule has 1 aromatic heterocycles. The Morgan fingerprint density at radius 2 is 2.04 bits per heavy atom. The average Bonchev–Trinajstić information content (AvgIpc) is 2.59. The van der Waals surface area contributed by atoms with Crippen molar-refractivity contribution in [3.8, 4) is 12.1 Å². The summed E-state index contributed by atoms with van der Waals surface area (Å²) in [6, 6.07) is 7.47. The van der Waals surface area contributed by atoms with Crippen molar-refractivity contribution >= 4 is 11.5 Å². The smallest absolute Gasteiger partial charge is 0.363 e. The fourth-order valence-corrected chi connectivity index (χ4v) is 2.61. The van der Waals surface area contributed by atoms with Crippen LogP contribution in [-0.2, 0) is 0 Å². The molecule has 1 aliphatic heterocycles. The highest BCUT2D eigenvalue weighted by Crippen LogP contribution is 2.19. The molecule has 2 rings (SSSR count). The quantitative estimate of drug-likeness (QED) is 0.578. The molecule has 1 atom stereocenters. The van der Waals surface area contributed by atoms with Gasteiger partial charge in [0, 0.05) is 45.2 Å². The molecule has 0 radical (unpaired) electrons. The summed E-state index contributed by atoms with van der Waals surface area (Å²) in [5.74, 6) is -0.260. The molecule has 8 heteroatoms. The van der Waals surface area contributed by atoms with Gasteiger partial charge in [-0.15, -0.1) is 0 Å². The van der Waals surface area contributed by atoms with E-state index in [0.29, 0.717) is 19.4 Å². The molecule has 0 N–H and O–H groups in total. The zero-order chi connectivity index (χ0) is 16.7. The van der Waals surface area contributed by atoms with Crippen LogP contribution < -0.4 is 4.90 Å². The SMILES string of the molecule is N#CCCC(C#N)CN1CCN(c2ccc([N+](=O)[O-])nc2)CC1. The zero-order valence-corrected chi connectivity index (χ0v) is 12.8. The molecule has 0 saturated carbocycles. The van der Waals surface area contributed by atoms with Crippen LogP contribution >= 0.6 is 0 Å². The van der Waals surface area contributed by atoms with Gasteiger partial charge in [-0.2, -0.15) is 10.5 Å². The third-order valence-corrected chi connectivity index (χ3v) is 3.92. The van der Waals surface area contributed by atoms with Crippen molar-refractivity contribution in [1.29, 1.82) is 10.5 Å². The highest BCUT2D eigenvalue weighted by Gasteiger charge is 2.21. The van der Waals surface area contributed by atoms with Gasteiger partial charge < -0.3 is 15.0 Å². The first-order valence-electron chi connectivity index (χ1n) is 7.48. The predicted octanol–water partition coefficient (Wildman–Crippen LogP) is 1.56. The molecule has 1 unspecified atom stereocenters. The van der Waals surface area contributed by atoms with Crippen molar-refractivity contribution in [3.05, 3.63) is 28.4 Å². The summed E-state index contributed by atoms with van der Waals surface area (Å²) in [5, 5.41) is 28.3. The summed E-state index contributed by atoms with van der Waals surface area (Å²) in [4.78, 5) is 18.3. The zero-order valence-electron chi connectivity index (χ0n) is 12.8. The summed E-state index contributed by atoms with van der Waals surface area (Å²) in [6.07, 6.45) is 2.55. The highest BCUT2D eigenvalue weighted by molar-refractivity contribution is 5.46. The first kappa shape index (κ1) is 16.7. The minimum absolute atomic E-state index is 0.109. The number of piperazine rings is 1. The minimum atomic E-state index is -0.509. The van der Waals surface area contributed by atoms with E-state index in [1.165, 1.54) is 12.3 Å². The molecular formula is C15H18N6O2. The third-order valence-electron chi connectivity index (χ3n) is 3.92. The van der Waals surface area contributed by atoms with Crippen LogP contribution in [0.15, 0.2) is 18.3 Å². The van der Waals surface area contributed by atoms with Gasteiger partial charge >= 0.3 is 5.82 Å². The Bertz CT molecular complexity index is 610. The maximum Gasteiger partial charge on any atom is 0.363 e. The lowest BCUT2D eigenvalue weighted by Crippen LogP contribution is -2.47. The van der Waals surface area contributed by atoms with Gasteiger partial charge in [-0.05, 0) is 22.4 Å². The van der Waals surface area contributed by atoms with Crippen molar-refractivity contribution in [2.75, 3.05) is 37.6 Å². The molecular weight excluding hydrogens is 296 g/mol. The molecule has 1 saturated heterocycles. The molecule has 23 heavy (non-hydrogen) atoms. The Kier molecular flexibility index (Phi) is 5.84. The van der Waals surface area contributed by atoms with Crippen LogP contribution in [0.1, 0.15) is 12.8 Å². The van der Waals surface area contributed by atoms with Crippen LogP contribution in [0, 0.1) is 38.7 Å². The Labute approximate surface area is 134 Å². The monoisotopic (exact) mass is 314 g/mol. The third kappa shape index (κ3) is 4.63. The molecule has 0 aliphatic carbocycles. The molecule has 1 fully saturated rings. The molecule has 2 heterocycles. The Hall–Kier alpha value is -2.71. The first-order valence-corrected chi connectivity index (χ1v) is 7.48. The number of aromatic nitrogens is 1. The van der Waals surface area contributed by atoms with Crippen molar-refractivity contribution in [3.63, 3.8) is 0 Å². The van der Waals surface area contributed by atoms with E-state index in [2.05, 4.69) is 26.9 Å². The summed E-state index contributed by atoms with van der Waals surface area (Å²) in [7, 11) is 0. The van der Waals surface area contributed by atoms with E-state index in [-0.39, 0.29) is 11.7 Å². The van der Waals surface area contributed by atoms with E-state index in [0.717, 1.165) is 31.9 Å².